The molecule has 1 aromatic carbocycles. The first-order valence-corrected chi connectivity index (χ1v) is 5.75. The third kappa shape index (κ3) is 2.78. The first-order valence-electron chi connectivity index (χ1n) is 5.75. The maximum absolute atomic E-state index is 11.7. The molecule has 0 unspecified atom stereocenters. The van der Waals surface area contributed by atoms with Crippen molar-refractivity contribution in [1.82, 2.24) is 0 Å². The van der Waals surface area contributed by atoms with Crippen LogP contribution in [0.1, 0.15) is 19.4 Å². The van der Waals surface area contributed by atoms with E-state index in [1.54, 1.807) is 0 Å². The highest BCUT2D eigenvalue weighted by Crippen LogP contribution is 2.29. The molecule has 0 aromatic heterocycles. The third-order valence-corrected chi connectivity index (χ3v) is 2.74. The fourth-order valence-electron chi connectivity index (χ4n) is 1.84. The van der Waals surface area contributed by atoms with Gasteiger partial charge in [-0.2, -0.15) is 0 Å². The average molecular weight is 266 g/mol. The number of esters is 2. The van der Waals surface area contributed by atoms with E-state index in [1.165, 1.54) is 32.0 Å². The molecule has 1 heterocycles. The lowest BCUT2D eigenvalue weighted by Gasteiger charge is -2.32. The topological polar surface area (TPSA) is 93.1 Å². The van der Waals surface area contributed by atoms with Crippen molar-refractivity contribution in [2.45, 2.75) is 26.1 Å². The molecule has 0 radical (unpaired) electrons. The molecule has 102 valence electrons. The van der Waals surface area contributed by atoms with Crippen LogP contribution in [0.25, 0.3) is 0 Å². The highest BCUT2D eigenvalue weighted by Gasteiger charge is 2.43. The number of hydrogen-bond donors (Lipinski definition) is 2. The Morgan fingerprint density at radius 3 is 2.21 bits per heavy atom. The highest BCUT2D eigenvalue weighted by atomic mass is 16.7. The summed E-state index contributed by atoms with van der Waals surface area (Å²) in [6.07, 6.45) is 0.0432. The van der Waals surface area contributed by atoms with Crippen LogP contribution in [0.15, 0.2) is 18.2 Å². The minimum atomic E-state index is -1.25. The zero-order valence-electron chi connectivity index (χ0n) is 10.5. The molecule has 0 saturated carbocycles. The molecule has 19 heavy (non-hydrogen) atoms. The van der Waals surface area contributed by atoms with E-state index in [9.17, 15) is 19.8 Å². The summed E-state index contributed by atoms with van der Waals surface area (Å²) in [5.41, 5.74) is 0.522. The van der Waals surface area contributed by atoms with Crippen molar-refractivity contribution in [3.63, 3.8) is 0 Å². The van der Waals surface area contributed by atoms with Gasteiger partial charge in [-0.3, -0.25) is 9.59 Å². The van der Waals surface area contributed by atoms with Gasteiger partial charge in [0.2, 0.25) is 0 Å². The minimum Gasteiger partial charge on any atom is -0.504 e. The number of cyclic esters (lactones) is 2. The molecule has 1 aromatic rings. The SMILES string of the molecule is CC1(C)OC(=O)C(Cc2ccc(O)c(O)c2)C(=O)O1. The molecule has 0 bridgehead atoms. The largest absolute Gasteiger partial charge is 0.504 e. The lowest BCUT2D eigenvalue weighted by atomic mass is 9.98. The number of carbonyl (C=O) groups excluding carboxylic acids is 2. The standard InChI is InChI=1S/C13H14O6/c1-13(2)18-11(16)8(12(17)19-13)5-7-3-4-9(14)10(15)6-7/h3-4,6,8,14-15H,5H2,1-2H3. The summed E-state index contributed by atoms with van der Waals surface area (Å²) >= 11 is 0. The van der Waals surface area contributed by atoms with Gasteiger partial charge in [0.25, 0.3) is 5.79 Å². The molecule has 6 nitrogen and oxygen atoms in total. The Labute approximate surface area is 109 Å². The van der Waals surface area contributed by atoms with Gasteiger partial charge in [-0.1, -0.05) is 6.07 Å². The molecule has 1 fully saturated rings. The number of ether oxygens (including phenoxy) is 2. The van der Waals surface area contributed by atoms with Crippen LogP contribution in [-0.4, -0.2) is 27.9 Å². The van der Waals surface area contributed by atoms with E-state index in [0.717, 1.165) is 0 Å². The maximum atomic E-state index is 11.7. The summed E-state index contributed by atoms with van der Waals surface area (Å²) in [7, 11) is 0. The lowest BCUT2D eigenvalue weighted by molar-refractivity contribution is -0.239. The van der Waals surface area contributed by atoms with E-state index in [0.29, 0.717) is 5.56 Å². The quantitative estimate of drug-likeness (QED) is 0.473. The Balaban J connectivity index is 2.16. The van der Waals surface area contributed by atoms with Crippen molar-refractivity contribution in [2.75, 3.05) is 0 Å². The molecule has 0 aliphatic carbocycles. The van der Waals surface area contributed by atoms with Crippen molar-refractivity contribution in [3.05, 3.63) is 23.8 Å². The van der Waals surface area contributed by atoms with E-state index in [1.807, 2.05) is 0 Å². The first-order chi connectivity index (χ1) is 8.78. The molecule has 1 aliphatic rings. The van der Waals surface area contributed by atoms with Crippen LogP contribution in [0.5, 0.6) is 11.5 Å². The number of hydrogen-bond acceptors (Lipinski definition) is 6. The van der Waals surface area contributed by atoms with Gasteiger partial charge in [-0.15, -0.1) is 0 Å². The van der Waals surface area contributed by atoms with Gasteiger partial charge < -0.3 is 19.7 Å². The second-order valence-electron chi connectivity index (χ2n) is 4.82. The van der Waals surface area contributed by atoms with Crippen LogP contribution in [0.4, 0.5) is 0 Å². The molecule has 2 N–H and O–H groups in total. The second kappa shape index (κ2) is 4.46. The molecule has 0 spiro atoms. The van der Waals surface area contributed by atoms with Gasteiger partial charge in [0.15, 0.2) is 17.4 Å². The molecule has 0 atom stereocenters. The number of benzene rings is 1. The predicted molar refractivity (Wildman–Crippen MR) is 63.2 cm³/mol. The van der Waals surface area contributed by atoms with Crippen molar-refractivity contribution in [3.8, 4) is 11.5 Å². The molecule has 0 amide bonds. The van der Waals surface area contributed by atoms with E-state index in [-0.39, 0.29) is 17.9 Å². The number of phenols is 2. The monoisotopic (exact) mass is 266 g/mol. The molecular formula is C13H14O6. The highest BCUT2D eigenvalue weighted by molar-refractivity contribution is 5.96. The lowest BCUT2D eigenvalue weighted by Crippen LogP contribution is -2.46. The predicted octanol–water partition coefficient (Wildman–Crippen LogP) is 1.09. The van der Waals surface area contributed by atoms with E-state index >= 15 is 0 Å². The van der Waals surface area contributed by atoms with Gasteiger partial charge in [0.1, 0.15) is 0 Å². The molecule has 6 heteroatoms. The Morgan fingerprint density at radius 1 is 1.11 bits per heavy atom. The van der Waals surface area contributed by atoms with Crippen LogP contribution < -0.4 is 0 Å². The van der Waals surface area contributed by atoms with Crippen LogP contribution in [0, 0.1) is 5.92 Å². The molecule has 2 rings (SSSR count). The van der Waals surface area contributed by atoms with E-state index in [4.69, 9.17) is 9.47 Å². The van der Waals surface area contributed by atoms with Gasteiger partial charge >= 0.3 is 11.9 Å². The zero-order valence-corrected chi connectivity index (χ0v) is 10.5. The van der Waals surface area contributed by atoms with Crippen LogP contribution in [0.3, 0.4) is 0 Å². The molecular weight excluding hydrogens is 252 g/mol. The summed E-state index contributed by atoms with van der Waals surface area (Å²) < 4.78 is 9.98. The Hall–Kier alpha value is -2.24. The summed E-state index contributed by atoms with van der Waals surface area (Å²) in [6, 6.07) is 4.08. The Morgan fingerprint density at radius 2 is 1.68 bits per heavy atom. The second-order valence-corrected chi connectivity index (χ2v) is 4.82. The number of phenolic OH excluding ortho intramolecular Hbond substituents is 2. The summed E-state index contributed by atoms with van der Waals surface area (Å²) in [5.74, 6) is -4.20. The number of carbonyl (C=O) groups is 2. The van der Waals surface area contributed by atoms with Crippen molar-refractivity contribution >= 4 is 11.9 Å². The first kappa shape index (κ1) is 13.2. The summed E-state index contributed by atoms with van der Waals surface area (Å²) in [5, 5.41) is 18.6. The van der Waals surface area contributed by atoms with Gasteiger partial charge in [0.05, 0.1) is 0 Å². The number of rotatable bonds is 2. The summed E-state index contributed by atoms with van der Waals surface area (Å²) in [6.45, 7) is 2.96. The summed E-state index contributed by atoms with van der Waals surface area (Å²) in [4.78, 5) is 23.5. The zero-order chi connectivity index (χ0) is 14.2. The van der Waals surface area contributed by atoms with Crippen molar-refractivity contribution in [2.24, 2.45) is 5.92 Å². The molecule has 1 aliphatic heterocycles. The van der Waals surface area contributed by atoms with E-state index < -0.39 is 23.6 Å². The molecule has 1 saturated heterocycles. The van der Waals surface area contributed by atoms with Crippen molar-refractivity contribution in [1.29, 1.82) is 0 Å². The minimum absolute atomic E-state index is 0.0432. The smallest absolute Gasteiger partial charge is 0.323 e. The van der Waals surface area contributed by atoms with Crippen LogP contribution in [0.2, 0.25) is 0 Å². The fourth-order valence-corrected chi connectivity index (χ4v) is 1.84. The Kier molecular flexibility index (Phi) is 3.09. The van der Waals surface area contributed by atoms with Crippen LogP contribution in [-0.2, 0) is 25.5 Å². The van der Waals surface area contributed by atoms with E-state index in [2.05, 4.69) is 0 Å². The fraction of sp³-hybridized carbons (Fsp3) is 0.385. The van der Waals surface area contributed by atoms with Gasteiger partial charge in [0, 0.05) is 13.8 Å². The third-order valence-electron chi connectivity index (χ3n) is 2.74. The maximum Gasteiger partial charge on any atom is 0.323 e. The Bertz CT molecular complexity index is 514. The average Bonchev–Trinajstić information content (AvgIpc) is 2.27. The normalized spacial score (nSPS) is 18.8. The van der Waals surface area contributed by atoms with Gasteiger partial charge in [-0.25, -0.2) is 0 Å². The number of aromatic hydroxyl groups is 2. The van der Waals surface area contributed by atoms with Crippen LogP contribution >= 0.6 is 0 Å². The van der Waals surface area contributed by atoms with Gasteiger partial charge in [-0.05, 0) is 24.1 Å². The van der Waals surface area contributed by atoms with Crippen molar-refractivity contribution < 1.29 is 29.3 Å².